The molecule has 3 heteroatoms. The number of rotatable bonds is 1. The van der Waals surface area contributed by atoms with Crippen LogP contribution in [0.2, 0.25) is 0 Å². The van der Waals surface area contributed by atoms with E-state index in [9.17, 15) is 0 Å². The summed E-state index contributed by atoms with van der Waals surface area (Å²) in [6, 6.07) is 0.450. The predicted octanol–water partition coefficient (Wildman–Crippen LogP) is 0.154. The van der Waals surface area contributed by atoms with Crippen molar-refractivity contribution in [1.82, 2.24) is 5.32 Å². The van der Waals surface area contributed by atoms with Gasteiger partial charge < -0.3 is 14.8 Å². The fraction of sp³-hybridized carbons (Fsp3) is 1.00. The van der Waals surface area contributed by atoms with Crippen LogP contribution < -0.4 is 5.32 Å². The Morgan fingerprint density at radius 1 is 1.27 bits per heavy atom. The highest BCUT2D eigenvalue weighted by atomic mass is 16.5. The van der Waals surface area contributed by atoms with Gasteiger partial charge >= 0.3 is 0 Å². The molecule has 2 rings (SSSR count). The van der Waals surface area contributed by atoms with E-state index in [-0.39, 0.29) is 0 Å². The number of hydrogen-bond acceptors (Lipinski definition) is 3. The summed E-state index contributed by atoms with van der Waals surface area (Å²) in [5.74, 6) is 0. The van der Waals surface area contributed by atoms with Gasteiger partial charge in [0.1, 0.15) is 0 Å². The molecule has 0 aromatic heterocycles. The zero-order valence-corrected chi connectivity index (χ0v) is 6.71. The lowest BCUT2D eigenvalue weighted by molar-refractivity contribution is 0.00465. The predicted molar refractivity (Wildman–Crippen MR) is 41.6 cm³/mol. The van der Waals surface area contributed by atoms with E-state index in [1.807, 2.05) is 0 Å². The van der Waals surface area contributed by atoms with Gasteiger partial charge in [0.15, 0.2) is 0 Å². The van der Waals surface area contributed by atoms with E-state index in [0.29, 0.717) is 12.1 Å². The molecule has 11 heavy (non-hydrogen) atoms. The summed E-state index contributed by atoms with van der Waals surface area (Å²) in [7, 11) is 0. The summed E-state index contributed by atoms with van der Waals surface area (Å²) >= 11 is 0. The number of nitrogens with one attached hydrogen (secondary N) is 1. The van der Waals surface area contributed by atoms with Gasteiger partial charge in [-0.05, 0) is 12.8 Å². The molecule has 1 N–H and O–H groups in total. The van der Waals surface area contributed by atoms with Crippen molar-refractivity contribution in [2.45, 2.75) is 25.0 Å². The van der Waals surface area contributed by atoms with Crippen LogP contribution in [0.1, 0.15) is 12.8 Å². The summed E-state index contributed by atoms with van der Waals surface area (Å²) in [4.78, 5) is 0. The van der Waals surface area contributed by atoms with Crippen LogP contribution >= 0.6 is 0 Å². The van der Waals surface area contributed by atoms with Gasteiger partial charge in [-0.25, -0.2) is 0 Å². The van der Waals surface area contributed by atoms with Crippen molar-refractivity contribution in [3.8, 4) is 0 Å². The lowest BCUT2D eigenvalue weighted by Gasteiger charge is -2.27. The molecule has 2 saturated heterocycles. The van der Waals surface area contributed by atoms with Gasteiger partial charge in [-0.15, -0.1) is 0 Å². The molecular formula is C8H15NO2. The van der Waals surface area contributed by atoms with Crippen LogP contribution in [0.4, 0.5) is 0 Å². The van der Waals surface area contributed by atoms with Crippen LogP contribution in [0.5, 0.6) is 0 Å². The van der Waals surface area contributed by atoms with Crippen molar-refractivity contribution in [2.75, 3.05) is 26.4 Å². The van der Waals surface area contributed by atoms with E-state index < -0.39 is 0 Å². The van der Waals surface area contributed by atoms with Gasteiger partial charge in [-0.2, -0.15) is 0 Å². The number of hydrogen-bond donors (Lipinski definition) is 1. The highest BCUT2D eigenvalue weighted by molar-refractivity contribution is 4.81. The summed E-state index contributed by atoms with van der Waals surface area (Å²) in [5, 5.41) is 3.41. The van der Waals surface area contributed by atoms with Crippen LogP contribution in [0, 0.1) is 0 Å². The molecule has 0 saturated carbocycles. The normalized spacial score (nSPS) is 39.3. The monoisotopic (exact) mass is 157 g/mol. The third-order valence-electron chi connectivity index (χ3n) is 2.36. The Kier molecular flexibility index (Phi) is 2.41. The van der Waals surface area contributed by atoms with Gasteiger partial charge in [0.2, 0.25) is 0 Å². The smallest absolute Gasteiger partial charge is 0.0751 e. The molecule has 0 unspecified atom stereocenters. The molecule has 2 aliphatic rings. The summed E-state index contributed by atoms with van der Waals surface area (Å²) in [6.45, 7) is 3.58. The van der Waals surface area contributed by atoms with Crippen LogP contribution in [0.15, 0.2) is 0 Å². The number of ether oxygens (including phenoxy) is 2. The largest absolute Gasteiger partial charge is 0.378 e. The molecule has 0 amide bonds. The zero-order chi connectivity index (χ0) is 7.52. The fourth-order valence-corrected chi connectivity index (χ4v) is 1.74. The molecule has 3 nitrogen and oxygen atoms in total. The minimum Gasteiger partial charge on any atom is -0.378 e. The molecule has 2 heterocycles. The molecule has 0 aromatic carbocycles. The van der Waals surface area contributed by atoms with Gasteiger partial charge in [0.05, 0.1) is 25.4 Å². The maximum atomic E-state index is 5.55. The molecule has 0 bridgehead atoms. The van der Waals surface area contributed by atoms with E-state index in [1.165, 1.54) is 12.8 Å². The molecule has 0 aromatic rings. The average molecular weight is 157 g/mol. The van der Waals surface area contributed by atoms with Crippen LogP contribution in [-0.2, 0) is 9.47 Å². The standard InChI is InChI=1S/C8H15NO2/c1-2-8(11-4-1)7-6-10-5-3-9-7/h7-9H,1-6H2/t7-,8-/m0/s1. The number of morpholine rings is 1. The average Bonchev–Trinajstić information content (AvgIpc) is 2.58. The Bertz CT molecular complexity index is 117. The first kappa shape index (κ1) is 7.53. The summed E-state index contributed by atoms with van der Waals surface area (Å²) in [6.07, 6.45) is 2.82. The first-order chi connectivity index (χ1) is 5.47. The Balaban J connectivity index is 1.82. The second-order valence-electron chi connectivity index (χ2n) is 3.19. The van der Waals surface area contributed by atoms with Gasteiger partial charge in [0, 0.05) is 13.2 Å². The molecule has 2 atom stereocenters. The summed E-state index contributed by atoms with van der Waals surface area (Å²) < 4.78 is 10.9. The Morgan fingerprint density at radius 3 is 2.91 bits per heavy atom. The third kappa shape index (κ3) is 1.72. The van der Waals surface area contributed by atoms with Crippen LogP contribution in [0.25, 0.3) is 0 Å². The van der Waals surface area contributed by atoms with Crippen LogP contribution in [0.3, 0.4) is 0 Å². The van der Waals surface area contributed by atoms with E-state index in [4.69, 9.17) is 9.47 Å². The first-order valence-electron chi connectivity index (χ1n) is 4.39. The maximum Gasteiger partial charge on any atom is 0.0751 e. The van der Waals surface area contributed by atoms with E-state index >= 15 is 0 Å². The maximum absolute atomic E-state index is 5.55. The van der Waals surface area contributed by atoms with Crippen molar-refractivity contribution < 1.29 is 9.47 Å². The minimum absolute atomic E-state index is 0.412. The molecule has 64 valence electrons. The Hall–Kier alpha value is -0.120. The molecule has 2 fully saturated rings. The van der Waals surface area contributed by atoms with Crippen molar-refractivity contribution in [3.05, 3.63) is 0 Å². The zero-order valence-electron chi connectivity index (χ0n) is 6.71. The van der Waals surface area contributed by atoms with Gasteiger partial charge in [-0.3, -0.25) is 0 Å². The topological polar surface area (TPSA) is 30.5 Å². The van der Waals surface area contributed by atoms with Crippen LogP contribution in [-0.4, -0.2) is 38.5 Å². The Labute approximate surface area is 67.1 Å². The van der Waals surface area contributed by atoms with E-state index in [2.05, 4.69) is 5.32 Å². The van der Waals surface area contributed by atoms with E-state index in [1.54, 1.807) is 0 Å². The fourth-order valence-electron chi connectivity index (χ4n) is 1.74. The lowest BCUT2D eigenvalue weighted by atomic mass is 10.1. The molecular weight excluding hydrogens is 142 g/mol. The SMILES string of the molecule is C1CO[C@H]([C@@H]2COCCN2)C1. The minimum atomic E-state index is 0.412. The van der Waals surface area contributed by atoms with Crippen molar-refractivity contribution in [3.63, 3.8) is 0 Å². The molecule has 0 spiro atoms. The van der Waals surface area contributed by atoms with Gasteiger partial charge in [-0.1, -0.05) is 0 Å². The highest BCUT2D eigenvalue weighted by Crippen LogP contribution is 2.16. The molecule has 2 aliphatic heterocycles. The molecule has 0 aliphatic carbocycles. The van der Waals surface area contributed by atoms with Crippen molar-refractivity contribution >= 4 is 0 Å². The summed E-state index contributed by atoms with van der Waals surface area (Å²) in [5.41, 5.74) is 0. The second-order valence-corrected chi connectivity index (χ2v) is 3.19. The lowest BCUT2D eigenvalue weighted by Crippen LogP contribution is -2.48. The van der Waals surface area contributed by atoms with Crippen molar-refractivity contribution in [1.29, 1.82) is 0 Å². The quantitative estimate of drug-likeness (QED) is 0.588. The highest BCUT2D eigenvalue weighted by Gasteiger charge is 2.27. The van der Waals surface area contributed by atoms with Gasteiger partial charge in [0.25, 0.3) is 0 Å². The molecule has 0 radical (unpaired) electrons. The first-order valence-corrected chi connectivity index (χ1v) is 4.39. The Morgan fingerprint density at radius 2 is 2.27 bits per heavy atom. The third-order valence-corrected chi connectivity index (χ3v) is 2.36. The second kappa shape index (κ2) is 3.52. The van der Waals surface area contributed by atoms with Crippen molar-refractivity contribution in [2.24, 2.45) is 0 Å². The van der Waals surface area contributed by atoms with E-state index in [0.717, 1.165) is 26.4 Å².